The third kappa shape index (κ3) is 13.3. The number of carbonyl (C=O) groups excluding carboxylic acids is 1. The quantitative estimate of drug-likeness (QED) is 0.0579. The normalized spacial score (nSPS) is 14.7. The monoisotopic (exact) mass is 989 g/mol. The van der Waals surface area contributed by atoms with Crippen LogP contribution in [0.25, 0.3) is 10.8 Å². The van der Waals surface area contributed by atoms with Gasteiger partial charge in [-0.05, 0) is 73.3 Å². The Bertz CT molecular complexity index is 2850. The van der Waals surface area contributed by atoms with E-state index in [0.717, 1.165) is 35.3 Å². The van der Waals surface area contributed by atoms with Gasteiger partial charge in [0.05, 0.1) is 49.2 Å². The molecule has 0 saturated carbocycles. The van der Waals surface area contributed by atoms with E-state index in [1.54, 1.807) is 0 Å². The number of amides is 1. The number of benzene rings is 4. The van der Waals surface area contributed by atoms with Gasteiger partial charge in [-0.25, -0.2) is 33.7 Å². The summed E-state index contributed by atoms with van der Waals surface area (Å²) in [4.78, 5) is 11.1. The molecular formula is C29H22ClCuN6Na3O15S4. The first-order valence-electron chi connectivity index (χ1n) is 14.8. The minimum absolute atomic E-state index is 0. The maximum atomic E-state index is 13.3. The smallest absolute Gasteiger partial charge is 0.744 e. The molecule has 2 N–H and O–H groups in total. The predicted octanol–water partition coefficient (Wildman–Crippen LogP) is -5.43. The number of sulfone groups is 1. The van der Waals surface area contributed by atoms with Crippen molar-refractivity contribution in [1.82, 2.24) is 0 Å². The average molecular weight is 991 g/mol. The fourth-order valence-electron chi connectivity index (χ4n) is 4.99. The molecule has 303 valence electrons. The van der Waals surface area contributed by atoms with Crippen molar-refractivity contribution in [3.05, 3.63) is 65.2 Å². The van der Waals surface area contributed by atoms with Crippen LogP contribution in [0.2, 0.25) is 5.02 Å². The zero-order chi connectivity index (χ0) is 40.8. The zero-order valence-electron chi connectivity index (χ0n) is 30.9. The number of anilines is 1. The Morgan fingerprint density at radius 1 is 0.831 bits per heavy atom. The van der Waals surface area contributed by atoms with Crippen LogP contribution < -0.4 is 93.7 Å². The molecule has 59 heavy (non-hydrogen) atoms. The summed E-state index contributed by atoms with van der Waals surface area (Å²) in [7, 11) is -19.8. The molecule has 4 aromatic rings. The standard InChI is InChI=1S/C29H25ClN6O15S4.Cu.3Na/c1-14-9-22(20(30)13-24(14)53(42,43)44)36-29(39)26(15(2)35-36)33-31-17-4-3-16-10-25(54(45,46)47)27(28(38)19(16)11-17)34-32-21-12-18(5-6-23(21)37)52(40,41)8-7-51-55(48,49)50;;;;/h3-6,9-13,26,37-38H,7-8H2,1-2H3,(H,42,43,44)(H,45,46,47)(H,48,49,50);;;;/q;;3*+1/p-3. The van der Waals surface area contributed by atoms with Gasteiger partial charge in [-0.1, -0.05) is 17.7 Å². The van der Waals surface area contributed by atoms with Crippen molar-refractivity contribution in [2.45, 2.75) is 34.6 Å². The van der Waals surface area contributed by atoms with Gasteiger partial charge in [0.1, 0.15) is 37.4 Å². The van der Waals surface area contributed by atoms with Gasteiger partial charge >= 0.3 is 88.7 Å². The molecule has 21 nitrogen and oxygen atoms in total. The van der Waals surface area contributed by atoms with E-state index in [9.17, 15) is 62.3 Å². The summed E-state index contributed by atoms with van der Waals surface area (Å²) in [6, 6.07) is 7.82. The van der Waals surface area contributed by atoms with Gasteiger partial charge < -0.3 is 23.9 Å². The minimum Gasteiger partial charge on any atom is -0.744 e. The van der Waals surface area contributed by atoms with Crippen LogP contribution in [0.5, 0.6) is 11.5 Å². The molecule has 1 unspecified atom stereocenters. The van der Waals surface area contributed by atoms with E-state index in [2.05, 4.69) is 29.7 Å². The van der Waals surface area contributed by atoms with Crippen molar-refractivity contribution in [2.75, 3.05) is 17.4 Å². The Balaban J connectivity index is 0.00000435. The van der Waals surface area contributed by atoms with E-state index in [1.165, 1.54) is 38.1 Å². The van der Waals surface area contributed by atoms with Crippen LogP contribution in [0.1, 0.15) is 12.5 Å². The van der Waals surface area contributed by atoms with E-state index in [0.29, 0.717) is 0 Å². The maximum Gasteiger partial charge on any atom is 1.00 e. The molecule has 1 radical (unpaired) electrons. The van der Waals surface area contributed by atoms with Crippen molar-refractivity contribution in [3.8, 4) is 11.5 Å². The number of hydrazone groups is 1. The number of phenols is 2. The molecule has 0 spiro atoms. The van der Waals surface area contributed by atoms with Crippen LogP contribution in [0.3, 0.4) is 0 Å². The Hall–Kier alpha value is -1.47. The van der Waals surface area contributed by atoms with Crippen molar-refractivity contribution in [1.29, 1.82) is 0 Å². The number of aryl methyl sites for hydroxylation is 1. The fourth-order valence-corrected chi connectivity index (χ4v) is 8.16. The molecule has 1 aliphatic rings. The summed E-state index contributed by atoms with van der Waals surface area (Å²) in [5.41, 5.74) is -1.47. The molecule has 0 saturated heterocycles. The van der Waals surface area contributed by atoms with Gasteiger partial charge in [0.2, 0.25) is 10.4 Å². The molecule has 0 bridgehead atoms. The van der Waals surface area contributed by atoms with Crippen LogP contribution in [0, 0.1) is 6.92 Å². The molecule has 4 aromatic carbocycles. The number of hydrogen-bond donors (Lipinski definition) is 2. The van der Waals surface area contributed by atoms with E-state index < -0.39 is 102 Å². The van der Waals surface area contributed by atoms with Gasteiger partial charge in [0.15, 0.2) is 21.6 Å². The fraction of sp³-hybridized carbons (Fsp3) is 0.172. The SMILES string of the molecule is CC1=NN(c2cc(C)c(S(=O)(=O)[O-])cc2Cl)C(=O)C1N=Nc1ccc2cc(S(=O)(=O)[O-])c(N=Nc3cc(S(=O)(=O)CCOS(=O)(=O)[O-])ccc3O)c(O)c2c1.[Cu].[Na+].[Na+].[Na+]. The number of rotatable bonds is 12. The number of azo groups is 2. The first-order chi connectivity index (χ1) is 25.4. The maximum absolute atomic E-state index is 13.3. The largest absolute Gasteiger partial charge is 1.00 e. The van der Waals surface area contributed by atoms with Crippen LogP contribution in [0.15, 0.2) is 94.8 Å². The van der Waals surface area contributed by atoms with E-state index in [1.807, 2.05) is 0 Å². The topological polar surface area (TPSA) is 338 Å². The molecule has 1 atom stereocenters. The summed E-state index contributed by atoms with van der Waals surface area (Å²) in [6.45, 7) is 1.72. The summed E-state index contributed by atoms with van der Waals surface area (Å²) >= 11 is 6.18. The second-order valence-corrected chi connectivity index (χ2v) is 17.6. The van der Waals surface area contributed by atoms with E-state index >= 15 is 0 Å². The molecule has 0 aliphatic carbocycles. The van der Waals surface area contributed by atoms with Crippen LogP contribution in [-0.4, -0.2) is 87.6 Å². The number of hydrogen-bond acceptors (Lipinski definition) is 20. The summed E-state index contributed by atoms with van der Waals surface area (Å²) in [5, 5.41) is 41.2. The second-order valence-electron chi connectivity index (χ2n) is 11.4. The van der Waals surface area contributed by atoms with Gasteiger partial charge in [-0.2, -0.15) is 20.3 Å². The van der Waals surface area contributed by atoms with Crippen molar-refractivity contribution >= 4 is 97.2 Å². The third-order valence-corrected chi connectivity index (χ3v) is 11.8. The number of phenolic OH excluding ortho intramolecular Hbond substituents is 2. The van der Waals surface area contributed by atoms with E-state index in [-0.39, 0.29) is 144 Å². The molecule has 30 heteroatoms. The molecule has 0 fully saturated rings. The number of nitrogens with zero attached hydrogens (tertiary/aromatic N) is 6. The molecule has 1 amide bonds. The predicted molar refractivity (Wildman–Crippen MR) is 187 cm³/mol. The number of fused-ring (bicyclic) bond motifs is 1. The first kappa shape index (κ1) is 55.5. The summed E-state index contributed by atoms with van der Waals surface area (Å²) < 4.78 is 132. The summed E-state index contributed by atoms with van der Waals surface area (Å²) in [6.07, 6.45) is 0. The first-order valence-corrected chi connectivity index (χ1v) is 20.9. The molecule has 0 aromatic heterocycles. The average Bonchev–Trinajstić information content (AvgIpc) is 3.34. The van der Waals surface area contributed by atoms with Crippen molar-refractivity contribution in [2.24, 2.45) is 25.6 Å². The zero-order valence-corrected chi connectivity index (χ0v) is 41.8. The second kappa shape index (κ2) is 21.3. The van der Waals surface area contributed by atoms with Gasteiger partial charge in [-0.15, -0.1) is 10.2 Å². The van der Waals surface area contributed by atoms with Crippen molar-refractivity contribution in [3.63, 3.8) is 0 Å². The molecule has 1 aliphatic heterocycles. The molecule has 5 rings (SSSR count). The molecular weight excluding hydrogens is 969 g/mol. The minimum atomic E-state index is -5.37. The summed E-state index contributed by atoms with van der Waals surface area (Å²) in [5.74, 6) is -3.37. The van der Waals surface area contributed by atoms with Crippen LogP contribution in [0.4, 0.5) is 22.7 Å². The van der Waals surface area contributed by atoms with Crippen LogP contribution >= 0.6 is 11.6 Å². The Kier molecular flexibility index (Phi) is 20.0. The molecule has 1 heterocycles. The number of carbonyl (C=O) groups is 1. The van der Waals surface area contributed by atoms with Crippen LogP contribution in [-0.2, 0) is 66.5 Å². The van der Waals surface area contributed by atoms with Gasteiger partial charge in [-0.3, -0.25) is 8.98 Å². The Morgan fingerprint density at radius 3 is 2.05 bits per heavy atom. The van der Waals surface area contributed by atoms with Crippen molar-refractivity contribution < 1.29 is 172 Å². The number of halogens is 1. The Morgan fingerprint density at radius 2 is 1.46 bits per heavy atom. The van der Waals surface area contributed by atoms with Gasteiger partial charge in [0.25, 0.3) is 5.91 Å². The Labute approximate surface area is 418 Å². The number of aromatic hydroxyl groups is 2. The third-order valence-electron chi connectivity index (χ3n) is 7.58. The van der Waals surface area contributed by atoms with Gasteiger partial charge in [0, 0.05) is 22.5 Å². The van der Waals surface area contributed by atoms with E-state index in [4.69, 9.17) is 11.6 Å².